The molecule has 0 radical (unpaired) electrons. The van der Waals surface area contributed by atoms with Crippen molar-refractivity contribution >= 4 is 11.7 Å². The van der Waals surface area contributed by atoms with E-state index in [1.54, 1.807) is 24.8 Å². The molecule has 2 aromatic rings. The number of carbonyl (C=O) groups excluding carboxylic acids is 1. The van der Waals surface area contributed by atoms with Gasteiger partial charge < -0.3 is 10.2 Å². The highest BCUT2D eigenvalue weighted by atomic mass is 16.1. The molecule has 1 saturated heterocycles. The van der Waals surface area contributed by atoms with Crippen LogP contribution < -0.4 is 10.2 Å². The Labute approximate surface area is 136 Å². The third-order valence-corrected chi connectivity index (χ3v) is 4.02. The monoisotopic (exact) mass is 311 g/mol. The van der Waals surface area contributed by atoms with Gasteiger partial charge in [0.1, 0.15) is 5.82 Å². The van der Waals surface area contributed by atoms with Crippen LogP contribution in [0.4, 0.5) is 5.82 Å². The van der Waals surface area contributed by atoms with Crippen molar-refractivity contribution in [2.24, 2.45) is 0 Å². The summed E-state index contributed by atoms with van der Waals surface area (Å²) in [5.74, 6) is 0.974. The Morgan fingerprint density at radius 1 is 1.26 bits per heavy atom. The fourth-order valence-corrected chi connectivity index (χ4v) is 2.86. The molecule has 0 saturated carbocycles. The average molecular weight is 311 g/mol. The van der Waals surface area contributed by atoms with Crippen LogP contribution in [0.15, 0.2) is 43.1 Å². The smallest absolute Gasteiger partial charge is 0.220 e. The standard InChI is InChI=1S/C17H21N5O/c23-17(6-5-14-3-1-7-18-11-14)21-15-4-2-10-22(13-15)16-12-19-8-9-20-16/h1,3,7-9,11-12,15H,2,4-6,10,13H2,(H,21,23)/t15-/m1/s1. The molecular formula is C17H21N5O. The van der Waals surface area contributed by atoms with Crippen LogP contribution in [0.2, 0.25) is 0 Å². The summed E-state index contributed by atoms with van der Waals surface area (Å²) in [7, 11) is 0. The first-order valence-electron chi connectivity index (χ1n) is 8.00. The highest BCUT2D eigenvalue weighted by Crippen LogP contribution is 2.16. The van der Waals surface area contributed by atoms with Gasteiger partial charge in [0.15, 0.2) is 0 Å². The summed E-state index contributed by atoms with van der Waals surface area (Å²) in [4.78, 5) is 26.9. The number of aromatic nitrogens is 3. The fraction of sp³-hybridized carbons (Fsp3) is 0.412. The lowest BCUT2D eigenvalue weighted by molar-refractivity contribution is -0.121. The Kier molecular flexibility index (Phi) is 5.13. The molecule has 23 heavy (non-hydrogen) atoms. The highest BCUT2D eigenvalue weighted by Gasteiger charge is 2.22. The maximum atomic E-state index is 12.1. The van der Waals surface area contributed by atoms with Gasteiger partial charge in [-0.15, -0.1) is 0 Å². The number of aryl methyl sites for hydroxylation is 1. The Morgan fingerprint density at radius 2 is 2.17 bits per heavy atom. The lowest BCUT2D eigenvalue weighted by Crippen LogP contribution is -2.48. The van der Waals surface area contributed by atoms with Gasteiger partial charge in [0.25, 0.3) is 0 Å². The predicted octanol–water partition coefficient (Wildman–Crippen LogP) is 1.59. The Hall–Kier alpha value is -2.50. The lowest BCUT2D eigenvalue weighted by atomic mass is 10.1. The van der Waals surface area contributed by atoms with E-state index < -0.39 is 0 Å². The zero-order valence-corrected chi connectivity index (χ0v) is 13.1. The van der Waals surface area contributed by atoms with Crippen molar-refractivity contribution in [3.05, 3.63) is 48.7 Å². The summed E-state index contributed by atoms with van der Waals surface area (Å²) in [5, 5.41) is 3.14. The topological polar surface area (TPSA) is 71.0 Å². The number of anilines is 1. The first kappa shape index (κ1) is 15.4. The van der Waals surface area contributed by atoms with Crippen LogP contribution in [0.5, 0.6) is 0 Å². The number of amides is 1. The Bertz CT molecular complexity index is 619. The number of carbonyl (C=O) groups is 1. The second-order valence-corrected chi connectivity index (χ2v) is 5.78. The van der Waals surface area contributed by atoms with Crippen LogP contribution in [-0.4, -0.2) is 40.0 Å². The fourth-order valence-electron chi connectivity index (χ4n) is 2.86. The van der Waals surface area contributed by atoms with E-state index in [0.29, 0.717) is 6.42 Å². The van der Waals surface area contributed by atoms with Crippen molar-refractivity contribution in [3.63, 3.8) is 0 Å². The first-order valence-corrected chi connectivity index (χ1v) is 8.00. The van der Waals surface area contributed by atoms with Crippen molar-refractivity contribution < 1.29 is 4.79 Å². The van der Waals surface area contributed by atoms with E-state index in [9.17, 15) is 4.79 Å². The molecule has 1 amide bonds. The number of rotatable bonds is 5. The molecule has 3 heterocycles. The van der Waals surface area contributed by atoms with E-state index in [0.717, 1.165) is 43.7 Å². The van der Waals surface area contributed by atoms with Crippen LogP contribution >= 0.6 is 0 Å². The minimum absolute atomic E-state index is 0.0971. The van der Waals surface area contributed by atoms with Crippen LogP contribution in [0, 0.1) is 0 Å². The van der Waals surface area contributed by atoms with Crippen molar-refractivity contribution in [2.75, 3.05) is 18.0 Å². The third-order valence-electron chi connectivity index (χ3n) is 4.02. The zero-order chi connectivity index (χ0) is 15.9. The molecule has 6 nitrogen and oxygen atoms in total. The Morgan fingerprint density at radius 3 is 2.96 bits per heavy atom. The number of nitrogens with zero attached hydrogens (tertiary/aromatic N) is 4. The number of nitrogens with one attached hydrogen (secondary N) is 1. The van der Waals surface area contributed by atoms with Gasteiger partial charge in [0, 0.05) is 50.3 Å². The van der Waals surface area contributed by atoms with Crippen LogP contribution in [0.1, 0.15) is 24.8 Å². The van der Waals surface area contributed by atoms with Crippen molar-refractivity contribution in [1.29, 1.82) is 0 Å². The molecular weight excluding hydrogens is 290 g/mol. The summed E-state index contributed by atoms with van der Waals surface area (Å²) >= 11 is 0. The molecule has 1 aliphatic rings. The summed E-state index contributed by atoms with van der Waals surface area (Å²) in [5.41, 5.74) is 1.09. The molecule has 6 heteroatoms. The number of pyridine rings is 1. The van der Waals surface area contributed by atoms with Crippen LogP contribution in [0.3, 0.4) is 0 Å². The molecule has 1 aliphatic heterocycles. The molecule has 0 unspecified atom stereocenters. The Balaban J connectivity index is 1.48. The predicted molar refractivity (Wildman–Crippen MR) is 88.0 cm³/mol. The molecule has 3 rings (SSSR count). The highest BCUT2D eigenvalue weighted by molar-refractivity contribution is 5.76. The van der Waals surface area contributed by atoms with Gasteiger partial charge in [-0.05, 0) is 30.9 Å². The lowest BCUT2D eigenvalue weighted by Gasteiger charge is -2.33. The maximum absolute atomic E-state index is 12.1. The number of piperidine rings is 1. The van der Waals surface area contributed by atoms with Crippen LogP contribution in [0.25, 0.3) is 0 Å². The van der Waals surface area contributed by atoms with E-state index in [1.165, 1.54) is 0 Å². The summed E-state index contributed by atoms with van der Waals surface area (Å²) in [6.45, 7) is 1.75. The number of hydrogen-bond acceptors (Lipinski definition) is 5. The molecule has 2 aromatic heterocycles. The van der Waals surface area contributed by atoms with Crippen molar-refractivity contribution in [1.82, 2.24) is 20.3 Å². The van der Waals surface area contributed by atoms with E-state index in [-0.39, 0.29) is 11.9 Å². The van der Waals surface area contributed by atoms with E-state index >= 15 is 0 Å². The normalized spacial score (nSPS) is 17.7. The summed E-state index contributed by atoms with van der Waals surface area (Å²) in [6.07, 6.45) is 12.0. The second kappa shape index (κ2) is 7.67. The summed E-state index contributed by atoms with van der Waals surface area (Å²) < 4.78 is 0. The van der Waals surface area contributed by atoms with E-state index in [4.69, 9.17) is 0 Å². The third kappa shape index (κ3) is 4.48. The van der Waals surface area contributed by atoms with Gasteiger partial charge >= 0.3 is 0 Å². The van der Waals surface area contributed by atoms with Gasteiger partial charge in [0.05, 0.1) is 6.20 Å². The molecule has 0 spiro atoms. The van der Waals surface area contributed by atoms with E-state index in [2.05, 4.69) is 25.2 Å². The molecule has 1 atom stereocenters. The first-order chi connectivity index (χ1) is 11.3. The quantitative estimate of drug-likeness (QED) is 0.908. The number of hydrogen-bond donors (Lipinski definition) is 1. The SMILES string of the molecule is O=C(CCc1cccnc1)N[C@@H]1CCCN(c2cnccn2)C1. The average Bonchev–Trinajstić information content (AvgIpc) is 2.62. The minimum atomic E-state index is 0.0971. The molecule has 0 bridgehead atoms. The van der Waals surface area contributed by atoms with Crippen molar-refractivity contribution in [3.8, 4) is 0 Å². The molecule has 1 fully saturated rings. The van der Waals surface area contributed by atoms with Crippen LogP contribution in [-0.2, 0) is 11.2 Å². The van der Waals surface area contributed by atoms with Gasteiger partial charge in [-0.3, -0.25) is 14.8 Å². The largest absolute Gasteiger partial charge is 0.353 e. The van der Waals surface area contributed by atoms with E-state index in [1.807, 2.05) is 18.3 Å². The second-order valence-electron chi connectivity index (χ2n) is 5.78. The van der Waals surface area contributed by atoms with Gasteiger partial charge in [-0.25, -0.2) is 4.98 Å². The zero-order valence-electron chi connectivity index (χ0n) is 13.1. The van der Waals surface area contributed by atoms with Gasteiger partial charge in [0.2, 0.25) is 5.91 Å². The van der Waals surface area contributed by atoms with Gasteiger partial charge in [-0.1, -0.05) is 6.07 Å². The molecule has 1 N–H and O–H groups in total. The molecule has 120 valence electrons. The van der Waals surface area contributed by atoms with Gasteiger partial charge in [-0.2, -0.15) is 0 Å². The molecule has 0 aromatic carbocycles. The summed E-state index contributed by atoms with van der Waals surface area (Å²) in [6, 6.07) is 4.07. The molecule has 0 aliphatic carbocycles. The van der Waals surface area contributed by atoms with Crippen molar-refractivity contribution in [2.45, 2.75) is 31.7 Å². The minimum Gasteiger partial charge on any atom is -0.353 e. The maximum Gasteiger partial charge on any atom is 0.220 e.